The lowest BCUT2D eigenvalue weighted by molar-refractivity contribution is 0.174. The van der Waals surface area contributed by atoms with E-state index in [1.54, 1.807) is 0 Å². The molecule has 3 nitrogen and oxygen atoms in total. The van der Waals surface area contributed by atoms with Gasteiger partial charge in [-0.2, -0.15) is 0 Å². The van der Waals surface area contributed by atoms with Crippen LogP contribution in [-0.4, -0.2) is 11.8 Å². The molecule has 0 saturated carbocycles. The third-order valence-corrected chi connectivity index (χ3v) is 5.51. The minimum Gasteiger partial charge on any atom is -0.454 e. The van der Waals surface area contributed by atoms with Crippen LogP contribution in [0, 0.1) is 0 Å². The molecule has 0 fully saturated rings. The van der Waals surface area contributed by atoms with Gasteiger partial charge >= 0.3 is 0 Å². The molecule has 0 unspecified atom stereocenters. The molecule has 0 aliphatic carbocycles. The van der Waals surface area contributed by atoms with E-state index in [-0.39, 0.29) is 19.2 Å². The third-order valence-electron chi connectivity index (χ3n) is 4.83. The Kier molecular flexibility index (Phi) is 5.87. The summed E-state index contributed by atoms with van der Waals surface area (Å²) in [6, 6.07) is 21.3. The van der Waals surface area contributed by atoms with Gasteiger partial charge in [0.15, 0.2) is 11.5 Å². The van der Waals surface area contributed by atoms with Crippen LogP contribution in [0.15, 0.2) is 66.7 Å². The number of rotatable bonds is 3. The summed E-state index contributed by atoms with van der Waals surface area (Å²) in [6.45, 7) is 0.216. The van der Waals surface area contributed by atoms with Crippen LogP contribution < -0.4 is 9.47 Å². The molecular weight excluding hydrogens is 441 g/mol. The van der Waals surface area contributed by atoms with Crippen molar-refractivity contribution in [1.82, 2.24) is 4.98 Å². The lowest BCUT2D eigenvalue weighted by atomic mass is 10.0. The van der Waals surface area contributed by atoms with Crippen molar-refractivity contribution < 1.29 is 9.47 Å². The molecule has 2 heterocycles. The van der Waals surface area contributed by atoms with Gasteiger partial charge in [0, 0.05) is 27.1 Å². The Hall–Kier alpha value is -2.72. The highest BCUT2D eigenvalue weighted by molar-refractivity contribution is 6.33. The van der Waals surface area contributed by atoms with Gasteiger partial charge in [0.1, 0.15) is 0 Å². The second-order valence-corrected chi connectivity index (χ2v) is 7.47. The van der Waals surface area contributed by atoms with Crippen LogP contribution in [0.2, 0.25) is 10.0 Å². The fourth-order valence-electron chi connectivity index (χ4n) is 3.38. The maximum Gasteiger partial charge on any atom is 0.231 e. The molecule has 0 bridgehead atoms. The van der Waals surface area contributed by atoms with Crippen LogP contribution in [0.25, 0.3) is 34.3 Å². The molecule has 5 rings (SSSR count). The van der Waals surface area contributed by atoms with E-state index in [1.165, 1.54) is 0 Å². The number of aromatic nitrogens is 1. The predicted octanol–water partition coefficient (Wildman–Crippen LogP) is 7.53. The van der Waals surface area contributed by atoms with E-state index >= 15 is 0 Å². The van der Waals surface area contributed by atoms with Crippen molar-refractivity contribution in [2.45, 2.75) is 0 Å². The summed E-state index contributed by atoms with van der Waals surface area (Å²) in [5.41, 5.74) is 4.41. The molecular formula is C24H16Cl3NO2. The number of hydrogen-bond acceptors (Lipinski definition) is 3. The fourth-order valence-corrected chi connectivity index (χ4v) is 3.81. The SMILES string of the molecule is Cl.Clc1ccccc1/C=C/c1cc(-c2ccccc2Cl)nc2cc3c(cc12)OCO3. The highest BCUT2D eigenvalue weighted by Crippen LogP contribution is 2.39. The topological polar surface area (TPSA) is 31.4 Å². The van der Waals surface area contributed by atoms with Crippen LogP contribution in [0.4, 0.5) is 0 Å². The Labute approximate surface area is 190 Å². The van der Waals surface area contributed by atoms with E-state index in [9.17, 15) is 0 Å². The first-order valence-electron chi connectivity index (χ1n) is 9.11. The Balaban J connectivity index is 0.00000218. The summed E-state index contributed by atoms with van der Waals surface area (Å²) in [5.74, 6) is 1.42. The maximum atomic E-state index is 6.43. The quantitative estimate of drug-likeness (QED) is 0.319. The zero-order chi connectivity index (χ0) is 19.8. The highest BCUT2D eigenvalue weighted by Gasteiger charge is 2.17. The molecule has 150 valence electrons. The molecule has 0 N–H and O–H groups in total. The highest BCUT2D eigenvalue weighted by atomic mass is 35.5. The standard InChI is InChI=1S/C24H15Cl2NO2.ClH/c25-19-7-3-1-5-15(19)9-10-16-11-21(17-6-2-4-8-20(17)26)27-22-13-24-23(12-18(16)22)28-14-29-24;/h1-13H,14H2;1H/b10-9+;. The zero-order valence-electron chi connectivity index (χ0n) is 15.6. The van der Waals surface area contributed by atoms with Crippen LogP contribution >= 0.6 is 35.6 Å². The Bertz CT molecular complexity index is 1270. The van der Waals surface area contributed by atoms with Crippen molar-refractivity contribution in [2.75, 3.05) is 6.79 Å². The van der Waals surface area contributed by atoms with Crippen molar-refractivity contribution in [2.24, 2.45) is 0 Å². The molecule has 0 atom stereocenters. The Morgan fingerprint density at radius 3 is 2.20 bits per heavy atom. The molecule has 6 heteroatoms. The Morgan fingerprint density at radius 1 is 0.767 bits per heavy atom. The third kappa shape index (κ3) is 3.84. The van der Waals surface area contributed by atoms with E-state index in [4.69, 9.17) is 37.7 Å². The van der Waals surface area contributed by atoms with Gasteiger partial charge < -0.3 is 9.47 Å². The molecule has 0 saturated heterocycles. The number of pyridine rings is 1. The number of fused-ring (bicyclic) bond motifs is 2. The molecule has 3 aromatic carbocycles. The van der Waals surface area contributed by atoms with Gasteiger partial charge in [0.25, 0.3) is 0 Å². The lowest BCUT2D eigenvalue weighted by Crippen LogP contribution is -1.92. The zero-order valence-corrected chi connectivity index (χ0v) is 18.0. The Morgan fingerprint density at radius 2 is 1.43 bits per heavy atom. The summed E-state index contributed by atoms with van der Waals surface area (Å²) < 4.78 is 11.1. The van der Waals surface area contributed by atoms with Crippen molar-refractivity contribution in [3.05, 3.63) is 87.9 Å². The molecule has 0 amide bonds. The van der Waals surface area contributed by atoms with Crippen LogP contribution in [0.1, 0.15) is 11.1 Å². The normalized spacial score (nSPS) is 12.3. The average Bonchev–Trinajstić information content (AvgIpc) is 3.19. The van der Waals surface area contributed by atoms with Gasteiger partial charge in [-0.25, -0.2) is 4.98 Å². The van der Waals surface area contributed by atoms with Crippen molar-refractivity contribution in [3.63, 3.8) is 0 Å². The van der Waals surface area contributed by atoms with Gasteiger partial charge in [-0.05, 0) is 35.4 Å². The van der Waals surface area contributed by atoms with Gasteiger partial charge in [-0.1, -0.05) is 71.8 Å². The van der Waals surface area contributed by atoms with E-state index < -0.39 is 0 Å². The second kappa shape index (κ2) is 8.57. The summed E-state index contributed by atoms with van der Waals surface area (Å²) in [5, 5.41) is 2.32. The summed E-state index contributed by atoms with van der Waals surface area (Å²) in [6.07, 6.45) is 4.03. The molecule has 30 heavy (non-hydrogen) atoms. The molecule has 1 aliphatic rings. The minimum atomic E-state index is 0. The van der Waals surface area contributed by atoms with Crippen LogP contribution in [-0.2, 0) is 0 Å². The van der Waals surface area contributed by atoms with Crippen LogP contribution in [0.5, 0.6) is 11.5 Å². The number of nitrogens with zero attached hydrogens (tertiary/aromatic N) is 1. The number of benzene rings is 3. The lowest BCUT2D eigenvalue weighted by Gasteiger charge is -2.10. The van der Waals surface area contributed by atoms with E-state index in [2.05, 4.69) is 0 Å². The molecule has 4 aromatic rings. The van der Waals surface area contributed by atoms with Gasteiger partial charge in [0.2, 0.25) is 6.79 Å². The smallest absolute Gasteiger partial charge is 0.231 e. The monoisotopic (exact) mass is 455 g/mol. The van der Waals surface area contributed by atoms with Crippen molar-refractivity contribution >= 4 is 58.7 Å². The first-order chi connectivity index (χ1) is 14.2. The summed E-state index contributed by atoms with van der Waals surface area (Å²) in [4.78, 5) is 4.84. The molecule has 0 radical (unpaired) electrons. The molecule has 0 spiro atoms. The van der Waals surface area contributed by atoms with Gasteiger partial charge in [-0.15, -0.1) is 12.4 Å². The predicted molar refractivity (Wildman–Crippen MR) is 126 cm³/mol. The van der Waals surface area contributed by atoms with E-state index in [0.717, 1.165) is 39.0 Å². The number of ether oxygens (including phenoxy) is 2. The minimum absolute atomic E-state index is 0. The van der Waals surface area contributed by atoms with Gasteiger partial charge in [0.05, 0.1) is 11.2 Å². The fraction of sp³-hybridized carbons (Fsp3) is 0.0417. The second-order valence-electron chi connectivity index (χ2n) is 6.65. The van der Waals surface area contributed by atoms with Crippen LogP contribution in [0.3, 0.4) is 0 Å². The van der Waals surface area contributed by atoms with Crippen molar-refractivity contribution in [3.8, 4) is 22.8 Å². The average molecular weight is 457 g/mol. The number of hydrogen-bond donors (Lipinski definition) is 0. The van der Waals surface area contributed by atoms with Gasteiger partial charge in [-0.3, -0.25) is 0 Å². The van der Waals surface area contributed by atoms with E-state index in [0.29, 0.717) is 15.8 Å². The number of halogens is 3. The van der Waals surface area contributed by atoms with E-state index in [1.807, 2.05) is 78.9 Å². The first-order valence-corrected chi connectivity index (χ1v) is 9.86. The first kappa shape index (κ1) is 20.5. The van der Waals surface area contributed by atoms with Crippen molar-refractivity contribution in [1.29, 1.82) is 0 Å². The maximum absolute atomic E-state index is 6.43. The molecule has 1 aromatic heterocycles. The molecule has 1 aliphatic heterocycles. The summed E-state index contributed by atoms with van der Waals surface area (Å²) >= 11 is 12.7. The summed E-state index contributed by atoms with van der Waals surface area (Å²) in [7, 11) is 0. The largest absolute Gasteiger partial charge is 0.454 e.